The van der Waals surface area contributed by atoms with Crippen LogP contribution in [0.3, 0.4) is 0 Å². The van der Waals surface area contributed by atoms with Gasteiger partial charge in [0.2, 0.25) is 0 Å². The summed E-state index contributed by atoms with van der Waals surface area (Å²) in [5, 5.41) is 7.81. The van der Waals surface area contributed by atoms with Crippen molar-refractivity contribution in [3.8, 4) is 0 Å². The van der Waals surface area contributed by atoms with Crippen LogP contribution >= 0.6 is 0 Å². The Morgan fingerprint density at radius 2 is 1.65 bits per heavy atom. The lowest BCUT2D eigenvalue weighted by atomic mass is 10.0. The van der Waals surface area contributed by atoms with Crippen molar-refractivity contribution in [3.05, 3.63) is 83.1 Å². The van der Waals surface area contributed by atoms with E-state index in [9.17, 15) is 19.2 Å². The van der Waals surface area contributed by atoms with Gasteiger partial charge in [-0.2, -0.15) is 0 Å². The second kappa shape index (κ2) is 11.6. The summed E-state index contributed by atoms with van der Waals surface area (Å²) in [7, 11) is 0. The third kappa shape index (κ3) is 6.44. The van der Waals surface area contributed by atoms with Crippen molar-refractivity contribution in [3.63, 3.8) is 0 Å². The standard InChI is InChI=1S/C25H27N3O6/c1-3-33-24(31)21-16(2)26-25(32)28-20(21)15-34-23(30)19(14-17-10-6-4-7-11-17)27-22(29)18-12-8-5-9-13-18/h4-13,16,19H,3,14-15H2,1-2H3,(H,27,29)(H2,26,28,32). The van der Waals surface area contributed by atoms with Crippen LogP contribution in [0.1, 0.15) is 29.8 Å². The van der Waals surface area contributed by atoms with Crippen LogP contribution < -0.4 is 16.0 Å². The van der Waals surface area contributed by atoms with Crippen LogP contribution in [0.5, 0.6) is 0 Å². The molecule has 0 saturated carbocycles. The summed E-state index contributed by atoms with van der Waals surface area (Å²) in [5.74, 6) is -1.75. The van der Waals surface area contributed by atoms with Crippen molar-refractivity contribution in [1.29, 1.82) is 0 Å². The number of esters is 2. The molecule has 1 heterocycles. The molecule has 0 saturated heterocycles. The third-order valence-electron chi connectivity index (χ3n) is 5.13. The molecule has 9 nitrogen and oxygen atoms in total. The number of amides is 3. The summed E-state index contributed by atoms with van der Waals surface area (Å²) in [6, 6.07) is 15.6. The summed E-state index contributed by atoms with van der Waals surface area (Å²) in [5.41, 5.74) is 1.53. The second-order valence-electron chi connectivity index (χ2n) is 7.62. The molecular formula is C25H27N3O6. The average molecular weight is 466 g/mol. The highest BCUT2D eigenvalue weighted by molar-refractivity contribution is 5.97. The maximum atomic E-state index is 13.0. The fourth-order valence-electron chi connectivity index (χ4n) is 3.51. The van der Waals surface area contributed by atoms with Crippen LogP contribution in [0.2, 0.25) is 0 Å². The van der Waals surface area contributed by atoms with Crippen LogP contribution in [-0.2, 0) is 25.5 Å². The quantitative estimate of drug-likeness (QED) is 0.488. The Bertz CT molecular complexity index is 1070. The molecule has 2 unspecified atom stereocenters. The Labute approximate surface area is 197 Å². The van der Waals surface area contributed by atoms with Crippen LogP contribution in [-0.4, -0.2) is 49.2 Å². The lowest BCUT2D eigenvalue weighted by molar-refractivity contribution is -0.145. The third-order valence-corrected chi connectivity index (χ3v) is 5.13. The van der Waals surface area contributed by atoms with Gasteiger partial charge in [0.05, 0.1) is 23.9 Å². The first-order chi connectivity index (χ1) is 16.4. The Kier molecular flexibility index (Phi) is 8.39. The summed E-state index contributed by atoms with van der Waals surface area (Å²) in [6.07, 6.45) is 0.201. The van der Waals surface area contributed by atoms with E-state index in [2.05, 4.69) is 16.0 Å². The zero-order chi connectivity index (χ0) is 24.5. The maximum Gasteiger partial charge on any atom is 0.338 e. The molecule has 1 aliphatic heterocycles. The highest BCUT2D eigenvalue weighted by Gasteiger charge is 2.31. The second-order valence-corrected chi connectivity index (χ2v) is 7.62. The Morgan fingerprint density at radius 3 is 2.29 bits per heavy atom. The molecule has 34 heavy (non-hydrogen) atoms. The predicted molar refractivity (Wildman–Crippen MR) is 124 cm³/mol. The molecule has 0 radical (unpaired) electrons. The van der Waals surface area contributed by atoms with Gasteiger partial charge >= 0.3 is 18.0 Å². The molecule has 1 aliphatic rings. The van der Waals surface area contributed by atoms with Gasteiger partial charge in [-0.15, -0.1) is 0 Å². The number of urea groups is 1. The van der Waals surface area contributed by atoms with Gasteiger partial charge in [0, 0.05) is 12.0 Å². The van der Waals surface area contributed by atoms with E-state index < -0.39 is 36.0 Å². The molecule has 3 amide bonds. The SMILES string of the molecule is CCOC(=O)C1=C(COC(=O)C(Cc2ccccc2)NC(=O)c2ccccc2)NC(=O)NC1C. The van der Waals surface area contributed by atoms with E-state index >= 15 is 0 Å². The van der Waals surface area contributed by atoms with Crippen LogP contribution in [0.15, 0.2) is 71.9 Å². The number of carbonyl (C=O) groups excluding carboxylic acids is 4. The molecule has 2 aromatic rings. The fourth-order valence-corrected chi connectivity index (χ4v) is 3.51. The smallest absolute Gasteiger partial charge is 0.338 e. The summed E-state index contributed by atoms with van der Waals surface area (Å²) < 4.78 is 10.5. The fraction of sp³-hybridized carbons (Fsp3) is 0.280. The van der Waals surface area contributed by atoms with Gasteiger partial charge in [-0.05, 0) is 31.5 Å². The van der Waals surface area contributed by atoms with Gasteiger partial charge in [0.25, 0.3) is 5.91 Å². The molecule has 0 spiro atoms. The summed E-state index contributed by atoms with van der Waals surface area (Å²) >= 11 is 0. The van der Waals surface area contributed by atoms with Gasteiger partial charge < -0.3 is 25.4 Å². The Morgan fingerprint density at radius 1 is 1.00 bits per heavy atom. The van der Waals surface area contributed by atoms with Crippen LogP contribution in [0, 0.1) is 0 Å². The number of carbonyl (C=O) groups is 4. The van der Waals surface area contributed by atoms with Crippen molar-refractivity contribution in [2.75, 3.05) is 13.2 Å². The largest absolute Gasteiger partial charge is 0.463 e. The zero-order valence-corrected chi connectivity index (χ0v) is 19.0. The van der Waals surface area contributed by atoms with Crippen molar-refractivity contribution < 1.29 is 28.7 Å². The van der Waals surface area contributed by atoms with E-state index in [1.807, 2.05) is 30.3 Å². The molecule has 178 valence electrons. The molecule has 2 aromatic carbocycles. The molecule has 0 aliphatic carbocycles. The predicted octanol–water partition coefficient (Wildman–Crippen LogP) is 2.09. The van der Waals surface area contributed by atoms with Crippen molar-refractivity contribution in [1.82, 2.24) is 16.0 Å². The van der Waals surface area contributed by atoms with E-state index in [4.69, 9.17) is 9.47 Å². The van der Waals surface area contributed by atoms with Crippen LogP contribution in [0.25, 0.3) is 0 Å². The van der Waals surface area contributed by atoms with Crippen molar-refractivity contribution >= 4 is 23.9 Å². The van der Waals surface area contributed by atoms with Gasteiger partial charge in [0.1, 0.15) is 12.6 Å². The number of hydrogen-bond acceptors (Lipinski definition) is 6. The number of hydrogen-bond donors (Lipinski definition) is 3. The number of benzene rings is 2. The number of nitrogens with one attached hydrogen (secondary N) is 3. The number of rotatable bonds is 9. The van der Waals surface area contributed by atoms with E-state index in [-0.39, 0.29) is 30.9 Å². The summed E-state index contributed by atoms with van der Waals surface area (Å²) in [4.78, 5) is 50.0. The molecule has 3 rings (SSSR count). The minimum Gasteiger partial charge on any atom is -0.463 e. The first kappa shape index (κ1) is 24.5. The first-order valence-electron chi connectivity index (χ1n) is 10.9. The lowest BCUT2D eigenvalue weighted by Gasteiger charge is -2.27. The topological polar surface area (TPSA) is 123 Å². The van der Waals surface area contributed by atoms with Crippen molar-refractivity contribution in [2.24, 2.45) is 0 Å². The van der Waals surface area contributed by atoms with E-state index in [1.54, 1.807) is 44.2 Å². The average Bonchev–Trinajstić information content (AvgIpc) is 2.83. The van der Waals surface area contributed by atoms with Gasteiger partial charge in [-0.25, -0.2) is 14.4 Å². The van der Waals surface area contributed by atoms with Crippen LogP contribution in [0.4, 0.5) is 4.79 Å². The molecule has 2 atom stereocenters. The number of ether oxygens (including phenoxy) is 2. The maximum absolute atomic E-state index is 13.0. The lowest BCUT2D eigenvalue weighted by Crippen LogP contribution is -2.50. The molecule has 9 heteroatoms. The highest BCUT2D eigenvalue weighted by Crippen LogP contribution is 2.15. The van der Waals surface area contributed by atoms with E-state index in [0.29, 0.717) is 5.56 Å². The van der Waals surface area contributed by atoms with Crippen molar-refractivity contribution in [2.45, 2.75) is 32.4 Å². The molecule has 3 N–H and O–H groups in total. The Balaban J connectivity index is 1.78. The van der Waals surface area contributed by atoms with Gasteiger partial charge in [-0.1, -0.05) is 48.5 Å². The minimum absolute atomic E-state index is 0.135. The molecule has 0 bridgehead atoms. The molecular weight excluding hydrogens is 438 g/mol. The zero-order valence-electron chi connectivity index (χ0n) is 19.0. The first-order valence-corrected chi connectivity index (χ1v) is 10.9. The normalized spacial score (nSPS) is 16.1. The molecule has 0 fully saturated rings. The highest BCUT2D eigenvalue weighted by atomic mass is 16.5. The van der Waals surface area contributed by atoms with Gasteiger partial charge in [0.15, 0.2) is 0 Å². The minimum atomic E-state index is -0.989. The van der Waals surface area contributed by atoms with E-state index in [1.165, 1.54) is 0 Å². The van der Waals surface area contributed by atoms with Gasteiger partial charge in [-0.3, -0.25) is 4.79 Å². The summed E-state index contributed by atoms with van der Waals surface area (Å²) in [6.45, 7) is 3.09. The monoisotopic (exact) mass is 465 g/mol. The molecule has 0 aromatic heterocycles. The van der Waals surface area contributed by atoms with E-state index in [0.717, 1.165) is 5.56 Å². The Hall–Kier alpha value is -4.14.